The minimum atomic E-state index is -0.293. The number of urea groups is 1. The Bertz CT molecular complexity index is 149. The van der Waals surface area contributed by atoms with E-state index in [-0.39, 0.29) is 6.03 Å². The highest BCUT2D eigenvalue weighted by Gasteiger charge is 2.29. The minimum absolute atomic E-state index is 0.293. The number of hydrogen-bond donors (Lipinski definition) is 2. The summed E-state index contributed by atoms with van der Waals surface area (Å²) in [6.45, 7) is 1.52. The number of primary amides is 1. The second-order valence-electron chi connectivity index (χ2n) is 2.91. The lowest BCUT2D eigenvalue weighted by atomic mass is 9.99. The third-order valence-corrected chi connectivity index (χ3v) is 2.17. The average molecular weight is 157 g/mol. The summed E-state index contributed by atoms with van der Waals surface area (Å²) in [6, 6.07) is 0.0781. The van der Waals surface area contributed by atoms with Crippen molar-refractivity contribution >= 4 is 6.03 Å². The molecule has 4 heteroatoms. The summed E-state index contributed by atoms with van der Waals surface area (Å²) in [4.78, 5) is 12.4. The van der Waals surface area contributed by atoms with Crippen molar-refractivity contribution in [1.29, 1.82) is 0 Å². The molecular weight excluding hydrogens is 142 g/mol. The first kappa shape index (κ1) is 8.33. The van der Waals surface area contributed by atoms with Gasteiger partial charge in [0.1, 0.15) is 0 Å². The largest absolute Gasteiger partial charge is 0.351 e. The predicted molar refractivity (Wildman–Crippen MR) is 43.0 cm³/mol. The topological polar surface area (TPSA) is 72.3 Å². The van der Waals surface area contributed by atoms with Crippen molar-refractivity contribution < 1.29 is 4.79 Å². The molecule has 1 aliphatic heterocycles. The molecule has 4 nitrogen and oxygen atoms in total. The number of nitrogens with zero attached hydrogens (tertiary/aromatic N) is 1. The van der Waals surface area contributed by atoms with Gasteiger partial charge >= 0.3 is 6.03 Å². The van der Waals surface area contributed by atoms with Crippen molar-refractivity contribution in [3.8, 4) is 0 Å². The zero-order chi connectivity index (χ0) is 8.27. The summed E-state index contributed by atoms with van der Waals surface area (Å²) in [5.41, 5.74) is 10.5. The molecule has 2 amide bonds. The number of amides is 2. The Morgan fingerprint density at radius 3 is 2.73 bits per heavy atom. The van der Waals surface area contributed by atoms with Crippen LogP contribution < -0.4 is 11.5 Å². The summed E-state index contributed by atoms with van der Waals surface area (Å²) < 4.78 is 0. The first-order valence-electron chi connectivity index (χ1n) is 4.02. The van der Waals surface area contributed by atoms with E-state index in [4.69, 9.17) is 11.5 Å². The number of carbonyl (C=O) groups excluding carboxylic acids is 1. The highest BCUT2D eigenvalue weighted by atomic mass is 16.2. The summed E-state index contributed by atoms with van der Waals surface area (Å²) in [6.07, 6.45) is 3.07. The SMILES string of the molecule is NCCCC1CCN1C(N)=O. The molecule has 1 saturated heterocycles. The first-order valence-corrected chi connectivity index (χ1v) is 4.02. The van der Waals surface area contributed by atoms with E-state index in [0.717, 1.165) is 25.8 Å². The van der Waals surface area contributed by atoms with Gasteiger partial charge in [0.25, 0.3) is 0 Å². The van der Waals surface area contributed by atoms with E-state index < -0.39 is 0 Å². The molecule has 1 atom stereocenters. The molecule has 0 aromatic carbocycles. The summed E-state index contributed by atoms with van der Waals surface area (Å²) in [5.74, 6) is 0. The summed E-state index contributed by atoms with van der Waals surface area (Å²) in [5, 5.41) is 0. The van der Waals surface area contributed by atoms with Gasteiger partial charge in [-0.25, -0.2) is 4.79 Å². The number of hydrogen-bond acceptors (Lipinski definition) is 2. The van der Waals surface area contributed by atoms with Gasteiger partial charge < -0.3 is 16.4 Å². The Hall–Kier alpha value is -0.770. The molecule has 0 aromatic heterocycles. The van der Waals surface area contributed by atoms with Crippen LogP contribution in [0, 0.1) is 0 Å². The van der Waals surface area contributed by atoms with Gasteiger partial charge in [-0.3, -0.25) is 0 Å². The van der Waals surface area contributed by atoms with Crippen molar-refractivity contribution in [1.82, 2.24) is 4.90 Å². The molecule has 0 saturated carbocycles. The molecule has 11 heavy (non-hydrogen) atoms. The van der Waals surface area contributed by atoms with Crippen LogP contribution in [0.15, 0.2) is 0 Å². The quantitative estimate of drug-likeness (QED) is 0.599. The maximum Gasteiger partial charge on any atom is 0.315 e. The zero-order valence-electron chi connectivity index (χ0n) is 6.62. The second-order valence-corrected chi connectivity index (χ2v) is 2.91. The minimum Gasteiger partial charge on any atom is -0.351 e. The molecule has 1 fully saturated rings. The number of rotatable bonds is 3. The van der Waals surface area contributed by atoms with E-state index in [2.05, 4.69) is 0 Å². The molecule has 1 aliphatic rings. The lowest BCUT2D eigenvalue weighted by Crippen LogP contribution is -2.53. The van der Waals surface area contributed by atoms with E-state index in [9.17, 15) is 4.79 Å². The fraction of sp³-hybridized carbons (Fsp3) is 0.857. The third kappa shape index (κ3) is 1.83. The van der Waals surface area contributed by atoms with Crippen molar-refractivity contribution in [2.45, 2.75) is 25.3 Å². The maximum absolute atomic E-state index is 10.7. The Balaban J connectivity index is 2.20. The molecule has 0 aromatic rings. The highest BCUT2D eigenvalue weighted by Crippen LogP contribution is 2.20. The van der Waals surface area contributed by atoms with E-state index in [1.54, 1.807) is 4.90 Å². The van der Waals surface area contributed by atoms with Crippen molar-refractivity contribution in [2.75, 3.05) is 13.1 Å². The van der Waals surface area contributed by atoms with Gasteiger partial charge in [-0.15, -0.1) is 0 Å². The Kier molecular flexibility index (Phi) is 2.70. The van der Waals surface area contributed by atoms with Gasteiger partial charge in [-0.05, 0) is 25.8 Å². The van der Waals surface area contributed by atoms with Crippen LogP contribution in [-0.4, -0.2) is 30.1 Å². The van der Waals surface area contributed by atoms with E-state index in [0.29, 0.717) is 12.6 Å². The molecule has 0 spiro atoms. The van der Waals surface area contributed by atoms with Crippen LogP contribution in [0.1, 0.15) is 19.3 Å². The summed E-state index contributed by atoms with van der Waals surface area (Å²) >= 11 is 0. The average Bonchev–Trinajstić information content (AvgIpc) is 1.84. The third-order valence-electron chi connectivity index (χ3n) is 2.17. The number of carbonyl (C=O) groups is 1. The van der Waals surface area contributed by atoms with Gasteiger partial charge in [0.15, 0.2) is 0 Å². The lowest BCUT2D eigenvalue weighted by molar-refractivity contribution is 0.115. The van der Waals surface area contributed by atoms with Gasteiger partial charge in [0, 0.05) is 12.6 Å². The first-order chi connectivity index (χ1) is 5.25. The monoisotopic (exact) mass is 157 g/mol. The predicted octanol–water partition coefficient (Wildman–Crippen LogP) is -0.122. The van der Waals surface area contributed by atoms with Crippen LogP contribution >= 0.6 is 0 Å². The Labute approximate surface area is 66.5 Å². The van der Waals surface area contributed by atoms with Crippen LogP contribution in [0.5, 0.6) is 0 Å². The van der Waals surface area contributed by atoms with Crippen molar-refractivity contribution in [3.63, 3.8) is 0 Å². The second kappa shape index (κ2) is 3.57. The van der Waals surface area contributed by atoms with Gasteiger partial charge in [-0.1, -0.05) is 0 Å². The van der Waals surface area contributed by atoms with Crippen LogP contribution in [-0.2, 0) is 0 Å². The fourth-order valence-electron chi connectivity index (χ4n) is 1.38. The highest BCUT2D eigenvalue weighted by molar-refractivity contribution is 5.73. The fourth-order valence-corrected chi connectivity index (χ4v) is 1.38. The van der Waals surface area contributed by atoms with E-state index in [1.807, 2.05) is 0 Å². The standard InChI is InChI=1S/C7H15N3O/c8-4-1-2-6-3-5-10(6)7(9)11/h6H,1-5,8H2,(H2,9,11). The molecule has 64 valence electrons. The molecule has 0 bridgehead atoms. The van der Waals surface area contributed by atoms with E-state index >= 15 is 0 Å². The molecule has 0 aliphatic carbocycles. The van der Waals surface area contributed by atoms with Crippen LogP contribution in [0.3, 0.4) is 0 Å². The van der Waals surface area contributed by atoms with Crippen LogP contribution in [0.25, 0.3) is 0 Å². The van der Waals surface area contributed by atoms with Crippen molar-refractivity contribution in [3.05, 3.63) is 0 Å². The molecular formula is C7H15N3O. The van der Waals surface area contributed by atoms with Crippen molar-refractivity contribution in [2.24, 2.45) is 11.5 Å². The van der Waals surface area contributed by atoms with E-state index in [1.165, 1.54) is 0 Å². The molecule has 1 rings (SSSR count). The van der Waals surface area contributed by atoms with Gasteiger partial charge in [-0.2, -0.15) is 0 Å². The normalized spacial score (nSPS) is 23.0. The molecule has 4 N–H and O–H groups in total. The Morgan fingerprint density at radius 2 is 2.36 bits per heavy atom. The molecule has 1 unspecified atom stereocenters. The summed E-state index contributed by atoms with van der Waals surface area (Å²) in [7, 11) is 0. The number of likely N-dealkylation sites (tertiary alicyclic amines) is 1. The molecule has 0 radical (unpaired) electrons. The van der Waals surface area contributed by atoms with Crippen LogP contribution in [0.2, 0.25) is 0 Å². The van der Waals surface area contributed by atoms with Gasteiger partial charge in [0.2, 0.25) is 0 Å². The number of nitrogens with two attached hydrogens (primary N) is 2. The Morgan fingerprint density at radius 1 is 1.64 bits per heavy atom. The lowest BCUT2D eigenvalue weighted by Gasteiger charge is -2.39. The maximum atomic E-state index is 10.7. The smallest absolute Gasteiger partial charge is 0.315 e. The zero-order valence-corrected chi connectivity index (χ0v) is 6.62. The van der Waals surface area contributed by atoms with Crippen LogP contribution in [0.4, 0.5) is 4.79 Å². The molecule has 1 heterocycles. The van der Waals surface area contributed by atoms with Gasteiger partial charge in [0.05, 0.1) is 0 Å².